The van der Waals surface area contributed by atoms with E-state index in [1.165, 1.54) is 34.4 Å². The summed E-state index contributed by atoms with van der Waals surface area (Å²) in [4.78, 5) is 3.66. The molecule has 0 radical (unpaired) electrons. The fourth-order valence-electron chi connectivity index (χ4n) is 3.54. The molecule has 116 valence electrons. The highest BCUT2D eigenvalue weighted by Gasteiger charge is 2.26. The second-order valence-corrected chi connectivity index (χ2v) is 7.58. The highest BCUT2D eigenvalue weighted by Crippen LogP contribution is 2.45. The zero-order chi connectivity index (χ0) is 15.8. The maximum atomic E-state index is 9.74. The molecule has 23 heavy (non-hydrogen) atoms. The summed E-state index contributed by atoms with van der Waals surface area (Å²) >= 11 is 7.91. The fraction of sp³-hybridized carbons (Fsp3) is 0.316. The lowest BCUT2D eigenvalue weighted by atomic mass is 9.96. The van der Waals surface area contributed by atoms with E-state index >= 15 is 0 Å². The average Bonchev–Trinajstić information content (AvgIpc) is 3.25. The monoisotopic (exact) mass is 340 g/mol. The van der Waals surface area contributed by atoms with E-state index in [2.05, 4.69) is 29.2 Å². The lowest BCUT2D eigenvalue weighted by Gasteiger charge is -2.22. The van der Waals surface area contributed by atoms with E-state index in [1.54, 1.807) is 0 Å². The highest BCUT2D eigenvalue weighted by atomic mass is 35.5. The molecule has 4 rings (SSSR count). The van der Waals surface area contributed by atoms with Crippen LogP contribution in [0.2, 0.25) is 5.02 Å². The number of benzene rings is 2. The van der Waals surface area contributed by atoms with Crippen molar-refractivity contribution in [2.75, 3.05) is 23.7 Å². The van der Waals surface area contributed by atoms with Gasteiger partial charge in [-0.1, -0.05) is 23.7 Å². The molecule has 0 atom stereocenters. The van der Waals surface area contributed by atoms with Gasteiger partial charge in [0.2, 0.25) is 0 Å². The van der Waals surface area contributed by atoms with Crippen molar-refractivity contribution in [3.05, 3.63) is 46.5 Å². The SMILES string of the molecule is N#Cc1c(N2CCCC2)cc(-c2ccc(Cl)cc2)c2c1CCS2. The molecule has 1 saturated heterocycles. The van der Waals surface area contributed by atoms with Crippen LogP contribution in [0.3, 0.4) is 0 Å². The number of hydrogen-bond acceptors (Lipinski definition) is 3. The summed E-state index contributed by atoms with van der Waals surface area (Å²) < 4.78 is 0. The number of nitriles is 1. The molecule has 2 aromatic carbocycles. The van der Waals surface area contributed by atoms with Crippen LogP contribution in [-0.4, -0.2) is 18.8 Å². The molecule has 0 aromatic heterocycles. The molecule has 0 saturated carbocycles. The Morgan fingerprint density at radius 3 is 2.57 bits per heavy atom. The number of thioether (sulfide) groups is 1. The number of fused-ring (bicyclic) bond motifs is 1. The highest BCUT2D eigenvalue weighted by molar-refractivity contribution is 7.99. The Morgan fingerprint density at radius 2 is 1.87 bits per heavy atom. The Kier molecular flexibility index (Phi) is 3.97. The minimum Gasteiger partial charge on any atom is -0.370 e. The van der Waals surface area contributed by atoms with Gasteiger partial charge in [-0.05, 0) is 54.2 Å². The Bertz CT molecular complexity index is 786. The van der Waals surface area contributed by atoms with Crippen molar-refractivity contribution in [1.82, 2.24) is 0 Å². The minimum absolute atomic E-state index is 0.756. The molecule has 2 heterocycles. The van der Waals surface area contributed by atoms with Gasteiger partial charge in [-0.25, -0.2) is 0 Å². The van der Waals surface area contributed by atoms with Gasteiger partial charge < -0.3 is 4.90 Å². The number of halogens is 1. The van der Waals surface area contributed by atoms with Crippen LogP contribution in [0.5, 0.6) is 0 Å². The second-order valence-electron chi connectivity index (χ2n) is 6.04. The van der Waals surface area contributed by atoms with E-state index in [-0.39, 0.29) is 0 Å². The van der Waals surface area contributed by atoms with Gasteiger partial charge in [0.1, 0.15) is 6.07 Å². The Hall–Kier alpha value is -1.63. The lowest BCUT2D eigenvalue weighted by Crippen LogP contribution is -2.19. The molecule has 2 aromatic rings. The number of rotatable bonds is 2. The first-order valence-electron chi connectivity index (χ1n) is 8.01. The average molecular weight is 341 g/mol. The molecule has 0 bridgehead atoms. The van der Waals surface area contributed by atoms with Crippen LogP contribution < -0.4 is 4.90 Å². The van der Waals surface area contributed by atoms with E-state index in [0.717, 1.165) is 41.5 Å². The standard InChI is InChI=1S/C19H17ClN2S/c20-14-5-3-13(4-6-14)16-11-18(22-8-1-2-9-22)17(12-21)15-7-10-23-19(15)16/h3-6,11H,1-2,7-10H2. The molecule has 2 aliphatic rings. The Labute approximate surface area is 146 Å². The largest absolute Gasteiger partial charge is 0.370 e. The first-order valence-corrected chi connectivity index (χ1v) is 9.38. The summed E-state index contributed by atoms with van der Waals surface area (Å²) in [5, 5.41) is 10.5. The number of nitrogens with zero attached hydrogens (tertiary/aromatic N) is 2. The molecule has 0 spiro atoms. The topological polar surface area (TPSA) is 27.0 Å². The van der Waals surface area contributed by atoms with Gasteiger partial charge in [0.25, 0.3) is 0 Å². The maximum absolute atomic E-state index is 9.74. The zero-order valence-corrected chi connectivity index (χ0v) is 14.4. The van der Waals surface area contributed by atoms with Crippen molar-refractivity contribution in [3.8, 4) is 17.2 Å². The quantitative estimate of drug-likeness (QED) is 0.758. The summed E-state index contributed by atoms with van der Waals surface area (Å²) in [5.74, 6) is 1.06. The molecule has 1 fully saturated rings. The fourth-order valence-corrected chi connectivity index (χ4v) is 4.89. The maximum Gasteiger partial charge on any atom is 0.102 e. The normalized spacial score (nSPS) is 16.4. The van der Waals surface area contributed by atoms with Crippen LogP contribution in [-0.2, 0) is 6.42 Å². The molecule has 2 nitrogen and oxygen atoms in total. The van der Waals surface area contributed by atoms with E-state index in [1.807, 2.05) is 23.9 Å². The third-order valence-electron chi connectivity index (χ3n) is 4.67. The van der Waals surface area contributed by atoms with Crippen molar-refractivity contribution in [1.29, 1.82) is 5.26 Å². The molecule has 2 aliphatic heterocycles. The van der Waals surface area contributed by atoms with E-state index < -0.39 is 0 Å². The summed E-state index contributed by atoms with van der Waals surface area (Å²) in [5.41, 5.74) is 5.69. The molecular formula is C19H17ClN2S. The van der Waals surface area contributed by atoms with Gasteiger partial charge in [-0.2, -0.15) is 5.26 Å². The van der Waals surface area contributed by atoms with Gasteiger partial charge in [0.05, 0.1) is 11.3 Å². The van der Waals surface area contributed by atoms with Crippen LogP contribution in [0, 0.1) is 11.3 Å². The van der Waals surface area contributed by atoms with Crippen molar-refractivity contribution >= 4 is 29.1 Å². The number of anilines is 1. The Morgan fingerprint density at radius 1 is 1.13 bits per heavy atom. The van der Waals surface area contributed by atoms with E-state index in [0.29, 0.717) is 0 Å². The molecule has 0 unspecified atom stereocenters. The van der Waals surface area contributed by atoms with Crippen molar-refractivity contribution in [3.63, 3.8) is 0 Å². The molecular weight excluding hydrogens is 324 g/mol. The Balaban J connectivity index is 1.92. The van der Waals surface area contributed by atoms with Gasteiger partial charge in [-0.15, -0.1) is 11.8 Å². The van der Waals surface area contributed by atoms with Crippen LogP contribution in [0.4, 0.5) is 5.69 Å². The molecule has 0 aliphatic carbocycles. The molecule has 0 N–H and O–H groups in total. The minimum atomic E-state index is 0.756. The van der Waals surface area contributed by atoms with Crippen molar-refractivity contribution in [2.45, 2.75) is 24.2 Å². The summed E-state index contributed by atoms with van der Waals surface area (Å²) in [6.07, 6.45) is 3.42. The predicted molar refractivity (Wildman–Crippen MR) is 97.5 cm³/mol. The molecule has 4 heteroatoms. The third kappa shape index (κ3) is 2.60. The van der Waals surface area contributed by atoms with Crippen LogP contribution >= 0.6 is 23.4 Å². The van der Waals surface area contributed by atoms with Gasteiger partial charge in [0, 0.05) is 28.8 Å². The second kappa shape index (κ2) is 6.11. The van der Waals surface area contributed by atoms with Gasteiger partial charge in [0.15, 0.2) is 0 Å². The van der Waals surface area contributed by atoms with E-state index in [4.69, 9.17) is 11.6 Å². The van der Waals surface area contributed by atoms with Crippen molar-refractivity contribution < 1.29 is 0 Å². The summed E-state index contributed by atoms with van der Waals surface area (Å²) in [6, 6.07) is 12.8. The summed E-state index contributed by atoms with van der Waals surface area (Å²) in [7, 11) is 0. The van der Waals surface area contributed by atoms with Crippen LogP contribution in [0.15, 0.2) is 35.2 Å². The predicted octanol–water partition coefficient (Wildman–Crippen LogP) is 5.13. The van der Waals surface area contributed by atoms with Crippen LogP contribution in [0.1, 0.15) is 24.0 Å². The van der Waals surface area contributed by atoms with E-state index in [9.17, 15) is 5.26 Å². The third-order valence-corrected chi connectivity index (χ3v) is 6.09. The first kappa shape index (κ1) is 14.9. The van der Waals surface area contributed by atoms with Gasteiger partial charge >= 0.3 is 0 Å². The van der Waals surface area contributed by atoms with Gasteiger partial charge in [-0.3, -0.25) is 0 Å². The smallest absolute Gasteiger partial charge is 0.102 e. The lowest BCUT2D eigenvalue weighted by molar-refractivity contribution is 0.949. The first-order chi connectivity index (χ1) is 11.3. The summed E-state index contributed by atoms with van der Waals surface area (Å²) in [6.45, 7) is 2.11. The number of hydrogen-bond donors (Lipinski definition) is 0. The molecule has 0 amide bonds. The van der Waals surface area contributed by atoms with Crippen LogP contribution in [0.25, 0.3) is 11.1 Å². The van der Waals surface area contributed by atoms with Crippen molar-refractivity contribution in [2.24, 2.45) is 0 Å². The zero-order valence-electron chi connectivity index (χ0n) is 12.8.